The third-order valence-electron chi connectivity index (χ3n) is 10.2. The molecule has 4 N–H and O–H groups in total. The summed E-state index contributed by atoms with van der Waals surface area (Å²) in [6.45, 7) is 24.8. The van der Waals surface area contributed by atoms with Crippen molar-refractivity contribution in [1.82, 2.24) is 9.97 Å². The SMILES string of the molecule is C=COC1CCC=C1CC(C)C.CC(C)CC1=CCCC1Cc1c[nH]c(=S)[nH]1.CC(C)CC1=CCCC1O.O=C1C=CCC1.O=C1CCC=C1Br.OC1CCC=C1Br.[B].[Br-].[CH2-]C(C)C.[Cl][Ce]([Cl])[Cl].[H-].[Mg+2].[Na+]. The van der Waals surface area contributed by atoms with E-state index in [0.29, 0.717) is 24.4 Å². The molecule has 0 aromatic carbocycles. The Bertz CT molecular complexity index is 1810. The first-order valence-electron chi connectivity index (χ1n) is 23.6. The third-order valence-corrected chi connectivity index (χ3v) is 12.0. The summed E-state index contributed by atoms with van der Waals surface area (Å²) < 4.78 is 7.86. The van der Waals surface area contributed by atoms with Gasteiger partial charge >= 0.3 is 100 Å². The fourth-order valence-electron chi connectivity index (χ4n) is 7.40. The predicted molar refractivity (Wildman–Crippen MR) is 302 cm³/mol. The zero-order valence-electron chi connectivity index (χ0n) is 44.6. The van der Waals surface area contributed by atoms with Crippen molar-refractivity contribution in [3.63, 3.8) is 0 Å². The Kier molecular flexibility index (Phi) is 57.3. The van der Waals surface area contributed by atoms with Gasteiger partial charge in [0.05, 0.1) is 23.0 Å². The third kappa shape index (κ3) is 44.2. The maximum Gasteiger partial charge on any atom is 2.00 e. The molecule has 70 heavy (non-hydrogen) atoms. The molecule has 0 aliphatic heterocycles. The van der Waals surface area contributed by atoms with Crippen molar-refractivity contribution in [2.45, 2.75) is 176 Å². The molecule has 0 amide bonds. The molecular formula is C52H82BBr3CeCl3MgN2NaO5S. The van der Waals surface area contributed by atoms with E-state index in [1.807, 2.05) is 24.4 Å². The molecule has 1 heterocycles. The smallest absolute Gasteiger partial charge is 1.00 e. The number of ketones is 2. The second-order valence-corrected chi connectivity index (χ2v) is 34.6. The number of ether oxygens (including phenoxy) is 1. The first-order chi connectivity index (χ1) is 31.0. The van der Waals surface area contributed by atoms with E-state index in [1.165, 1.54) is 48.9 Å². The number of Topliss-reactive ketones (excluding diaryl/α,β-unsaturated/α-hetero) is 1. The summed E-state index contributed by atoms with van der Waals surface area (Å²) in [7, 11) is 0. The zero-order valence-corrected chi connectivity index (χ0v) is 58.0. The van der Waals surface area contributed by atoms with Gasteiger partial charge in [-0.25, -0.2) is 0 Å². The predicted octanol–water partition coefficient (Wildman–Crippen LogP) is 10.2. The Morgan fingerprint density at radius 2 is 1.30 bits per heavy atom. The van der Waals surface area contributed by atoms with Gasteiger partial charge in [-0.1, -0.05) is 120 Å². The maximum absolute atomic E-state index is 10.5. The van der Waals surface area contributed by atoms with Gasteiger partial charge < -0.3 is 50.2 Å². The van der Waals surface area contributed by atoms with Crippen LogP contribution in [0.15, 0.2) is 87.3 Å². The number of allylic oxidation sites excluding steroid dienone is 9. The summed E-state index contributed by atoms with van der Waals surface area (Å²) in [5.74, 6) is 3.99. The molecule has 1 aromatic rings. The van der Waals surface area contributed by atoms with Crippen LogP contribution in [0.1, 0.15) is 159 Å². The van der Waals surface area contributed by atoms with E-state index in [0.717, 1.165) is 95.7 Å². The Morgan fingerprint density at radius 3 is 1.64 bits per heavy atom. The molecule has 0 saturated heterocycles. The molecule has 388 valence electrons. The van der Waals surface area contributed by atoms with E-state index in [-0.39, 0.29) is 103 Å². The fraction of sp³-hybridized carbons (Fsp3) is 0.615. The maximum atomic E-state index is 10.5. The number of imidazole rings is 1. The van der Waals surface area contributed by atoms with Crippen molar-refractivity contribution in [1.29, 1.82) is 0 Å². The largest absolute Gasteiger partial charge is 2.00 e. The Balaban J connectivity index is -0.000000175. The van der Waals surface area contributed by atoms with Crippen LogP contribution in [-0.2, 0) is 20.7 Å². The Labute approximate surface area is 520 Å². The molecule has 6 aliphatic rings. The van der Waals surface area contributed by atoms with Gasteiger partial charge in [0.25, 0.3) is 0 Å². The second kappa shape index (κ2) is 49.5. The molecule has 0 fully saturated rings. The van der Waals surface area contributed by atoms with Crippen LogP contribution in [0.25, 0.3) is 0 Å². The van der Waals surface area contributed by atoms with Gasteiger partial charge in [-0.05, 0) is 159 Å². The van der Waals surface area contributed by atoms with Crippen LogP contribution in [0.3, 0.4) is 0 Å². The zero-order chi connectivity index (χ0) is 50.2. The summed E-state index contributed by atoms with van der Waals surface area (Å²) >= 11 is 9.14. The van der Waals surface area contributed by atoms with Crippen LogP contribution >= 0.6 is 61.0 Å². The molecule has 0 bridgehead atoms. The van der Waals surface area contributed by atoms with E-state index in [4.69, 9.17) is 38.9 Å². The number of H-pyrrole nitrogens is 2. The minimum atomic E-state index is -2.24. The van der Waals surface area contributed by atoms with Crippen LogP contribution in [-0.4, -0.2) is 81.5 Å². The number of aliphatic hydroxyl groups excluding tert-OH is 2. The minimum absolute atomic E-state index is 0. The molecule has 0 saturated carbocycles. The topological polar surface area (TPSA) is 115 Å². The summed E-state index contributed by atoms with van der Waals surface area (Å²) in [5.41, 5.74) is 20.7. The average molecular weight is 1390 g/mol. The summed E-state index contributed by atoms with van der Waals surface area (Å²) in [6.07, 6.45) is 34.6. The molecule has 4 atom stereocenters. The van der Waals surface area contributed by atoms with Crippen molar-refractivity contribution >= 4 is 104 Å². The van der Waals surface area contributed by atoms with Crippen molar-refractivity contribution in [3.05, 3.63) is 105 Å². The van der Waals surface area contributed by atoms with Crippen molar-refractivity contribution in [3.8, 4) is 0 Å². The van der Waals surface area contributed by atoms with E-state index in [9.17, 15) is 14.7 Å². The molecule has 1 aromatic heterocycles. The van der Waals surface area contributed by atoms with E-state index < -0.39 is 30.7 Å². The molecule has 4 unspecified atom stereocenters. The number of nitrogens with one attached hydrogen (secondary N) is 2. The average Bonchev–Trinajstić information content (AvgIpc) is 4.10. The Morgan fingerprint density at radius 1 is 0.814 bits per heavy atom. The number of hydrogen-bond acceptors (Lipinski definition) is 6. The van der Waals surface area contributed by atoms with Crippen molar-refractivity contribution in [2.75, 3.05) is 0 Å². The van der Waals surface area contributed by atoms with Gasteiger partial charge in [-0.3, -0.25) is 9.59 Å². The standard InChI is InChI=1S/C13H20N2S.C11H18O.C9H16O.C5H7BrO.C5H5BrO.C5H6O.C4H9.B.BrH.Ce.3ClH.Mg.Na.H/c1-9(2)6-10-4-3-5-11(10)7-12-8-14-13(16)15-12;1-4-12-11-7-5-6-10(11)8-9(2)3;1-7(2)6-8-4-3-5-9(8)10;2*6-4-2-1-3-5(4)7;6-5-3-1-2-4-5;1-4(2)3;;;;;;;;;/h4,8-9,11H,3,5-7H2,1-2H3,(H2,14,15,16);4,6,9,11H,1,5,7-8H2,2-3H3;4,7,9-10H,3,5-6H2,1-2H3;2,5,7H,1,3H2;2H,1,3H2;1,3H,2,4H2;4H,1H2,2-3H3;;1H;;3*1H;;;/q;;;;;;-1;;;+3;;;;+2;+1;-1/p-4. The summed E-state index contributed by atoms with van der Waals surface area (Å²) in [6, 6.07) is 0. The number of aromatic amines is 2. The van der Waals surface area contributed by atoms with Gasteiger partial charge in [0.1, 0.15) is 6.10 Å². The van der Waals surface area contributed by atoms with Crippen molar-refractivity contribution < 1.29 is 103 Å². The molecule has 0 spiro atoms. The molecule has 6 aliphatic carbocycles. The second-order valence-electron chi connectivity index (χ2n) is 18.6. The van der Waals surface area contributed by atoms with Crippen molar-refractivity contribution in [2.24, 2.45) is 29.6 Å². The van der Waals surface area contributed by atoms with Crippen LogP contribution < -0.4 is 46.5 Å². The number of aliphatic hydroxyl groups is 2. The van der Waals surface area contributed by atoms with Gasteiger partial charge in [-0.15, -0.1) is 0 Å². The number of halogens is 6. The van der Waals surface area contributed by atoms with E-state index in [2.05, 4.69) is 129 Å². The molecule has 3 radical (unpaired) electrons. The quantitative estimate of drug-likeness (QED) is 0.0610. The van der Waals surface area contributed by atoms with E-state index >= 15 is 0 Å². The number of rotatable bonds is 10. The Hall–Kier alpha value is 2.19. The minimum Gasteiger partial charge on any atom is -1.00 e. The molecule has 7 rings (SSSR count). The van der Waals surface area contributed by atoms with Gasteiger partial charge in [0, 0.05) is 37.6 Å². The fourth-order valence-corrected chi connectivity index (χ4v) is 8.47. The first kappa shape index (κ1) is 81.0. The van der Waals surface area contributed by atoms with Gasteiger partial charge in [0.2, 0.25) is 0 Å². The summed E-state index contributed by atoms with van der Waals surface area (Å²) in [5, 5.41) is 18.3. The summed E-state index contributed by atoms with van der Waals surface area (Å²) in [4.78, 5) is 26.9. The molecular weight excluding hydrogens is 1310 g/mol. The number of carbonyl (C=O) groups is 2. The molecule has 7 nitrogen and oxygen atoms in total. The number of aromatic nitrogens is 2. The van der Waals surface area contributed by atoms with Crippen LogP contribution in [0.2, 0.25) is 0 Å². The molecule has 18 heteroatoms. The van der Waals surface area contributed by atoms with E-state index in [1.54, 1.807) is 17.9 Å². The van der Waals surface area contributed by atoms with Crippen LogP contribution in [0, 0.1) is 72.0 Å². The van der Waals surface area contributed by atoms with Gasteiger partial charge in [0.15, 0.2) is 16.3 Å². The number of hydrogen-bond donors (Lipinski definition) is 4. The normalized spacial score (nSPS) is 19.9. The monoisotopic (exact) mass is 1390 g/mol. The first-order valence-corrected chi connectivity index (χ1v) is 37.4. The number of carbonyl (C=O) groups excluding carboxylic acids is 2. The van der Waals surface area contributed by atoms with Crippen LogP contribution in [0.4, 0.5) is 0 Å². The van der Waals surface area contributed by atoms with Crippen LogP contribution in [0.5, 0.6) is 0 Å². The van der Waals surface area contributed by atoms with Gasteiger partial charge in [-0.2, -0.15) is 5.92 Å².